The molecule has 4 nitrogen and oxygen atoms in total. The van der Waals surface area contributed by atoms with Gasteiger partial charge in [-0.25, -0.2) is 8.78 Å². The highest BCUT2D eigenvalue weighted by Gasteiger charge is 2.22. The van der Waals surface area contributed by atoms with E-state index in [0.717, 1.165) is 0 Å². The number of hydrogen-bond acceptors (Lipinski definition) is 3. The van der Waals surface area contributed by atoms with E-state index in [2.05, 4.69) is 0 Å². The number of para-hydroxylation sites is 1. The van der Waals surface area contributed by atoms with E-state index in [0.29, 0.717) is 27.7 Å². The van der Waals surface area contributed by atoms with Gasteiger partial charge in [0.25, 0.3) is 0 Å². The van der Waals surface area contributed by atoms with Crippen molar-refractivity contribution >= 4 is 22.5 Å². The highest BCUT2D eigenvalue weighted by molar-refractivity contribution is 6.31. The standard InChI is InChI=1S/C25H20ClF2NO3/c1-14-10-18(27)24(19(28)11-14)32-22-9-8-15(25(2,3)31)12-21(22)29-13-17(26)23(30)16-6-4-5-7-20(16)29/h4-13,31H,1-3H3. The predicted octanol–water partition coefficient (Wildman–Crippen LogP) is 6.25. The maximum atomic E-state index is 14.5. The van der Waals surface area contributed by atoms with Crippen molar-refractivity contribution in [1.29, 1.82) is 0 Å². The topological polar surface area (TPSA) is 51.5 Å². The van der Waals surface area contributed by atoms with Gasteiger partial charge in [0.15, 0.2) is 23.1 Å². The number of nitrogens with zero attached hydrogens (tertiary/aromatic N) is 1. The third-order valence-electron chi connectivity index (χ3n) is 5.15. The van der Waals surface area contributed by atoms with Gasteiger partial charge in [-0.05, 0) is 68.3 Å². The Bertz CT molecular complexity index is 1380. The molecule has 0 aliphatic carbocycles. The van der Waals surface area contributed by atoms with Crippen molar-refractivity contribution in [3.05, 3.63) is 98.8 Å². The van der Waals surface area contributed by atoms with Crippen LogP contribution >= 0.6 is 11.6 Å². The molecule has 0 aliphatic rings. The predicted molar refractivity (Wildman–Crippen MR) is 121 cm³/mol. The van der Waals surface area contributed by atoms with Crippen LogP contribution in [0.1, 0.15) is 25.0 Å². The van der Waals surface area contributed by atoms with Crippen LogP contribution in [0.5, 0.6) is 11.5 Å². The van der Waals surface area contributed by atoms with Crippen LogP contribution in [0.25, 0.3) is 16.6 Å². The summed E-state index contributed by atoms with van der Waals surface area (Å²) in [5.41, 5.74) is 0.278. The molecule has 32 heavy (non-hydrogen) atoms. The van der Waals surface area contributed by atoms with Gasteiger partial charge in [0.1, 0.15) is 5.02 Å². The fourth-order valence-corrected chi connectivity index (χ4v) is 3.71. The minimum Gasteiger partial charge on any atom is -0.449 e. The number of aryl methyl sites for hydroxylation is 1. The summed E-state index contributed by atoms with van der Waals surface area (Å²) >= 11 is 6.21. The molecule has 0 amide bonds. The molecular formula is C25H20ClF2NO3. The fourth-order valence-electron chi connectivity index (χ4n) is 3.51. The van der Waals surface area contributed by atoms with Crippen LogP contribution in [0.4, 0.5) is 8.78 Å². The minimum absolute atomic E-state index is 0.0315. The number of fused-ring (bicyclic) bond motifs is 1. The lowest BCUT2D eigenvalue weighted by Gasteiger charge is -2.22. The van der Waals surface area contributed by atoms with Gasteiger partial charge >= 0.3 is 0 Å². The van der Waals surface area contributed by atoms with Crippen LogP contribution in [0, 0.1) is 18.6 Å². The van der Waals surface area contributed by atoms with Crippen LogP contribution < -0.4 is 10.2 Å². The second kappa shape index (κ2) is 8.04. The molecule has 0 fully saturated rings. The molecule has 1 N–H and O–H groups in total. The van der Waals surface area contributed by atoms with Crippen molar-refractivity contribution < 1.29 is 18.6 Å². The third-order valence-corrected chi connectivity index (χ3v) is 5.42. The number of benzene rings is 3. The van der Waals surface area contributed by atoms with Gasteiger partial charge in [0, 0.05) is 11.6 Å². The Hall–Kier alpha value is -3.22. The molecule has 4 aromatic rings. The van der Waals surface area contributed by atoms with Crippen molar-refractivity contribution in [2.45, 2.75) is 26.4 Å². The Balaban J connectivity index is 2.01. The normalized spacial score (nSPS) is 11.7. The first-order valence-corrected chi connectivity index (χ1v) is 10.2. The molecule has 0 aliphatic heterocycles. The molecule has 164 valence electrons. The molecule has 1 aromatic heterocycles. The average Bonchev–Trinajstić information content (AvgIpc) is 2.72. The van der Waals surface area contributed by atoms with E-state index in [1.165, 1.54) is 24.4 Å². The van der Waals surface area contributed by atoms with Crippen LogP contribution in [0.15, 0.2) is 65.6 Å². The van der Waals surface area contributed by atoms with Crippen molar-refractivity contribution in [1.82, 2.24) is 4.57 Å². The molecule has 0 radical (unpaired) electrons. The molecule has 0 bridgehead atoms. The lowest BCUT2D eigenvalue weighted by Crippen LogP contribution is -2.16. The van der Waals surface area contributed by atoms with E-state index in [-0.39, 0.29) is 16.2 Å². The Kier molecular flexibility index (Phi) is 5.53. The van der Waals surface area contributed by atoms with Crippen LogP contribution in [0.3, 0.4) is 0 Å². The molecule has 3 aromatic carbocycles. The van der Waals surface area contributed by atoms with E-state index >= 15 is 0 Å². The summed E-state index contributed by atoms with van der Waals surface area (Å²) in [5.74, 6) is -2.13. The maximum absolute atomic E-state index is 14.5. The van der Waals surface area contributed by atoms with E-state index in [9.17, 15) is 18.7 Å². The van der Waals surface area contributed by atoms with Gasteiger partial charge in [-0.1, -0.05) is 29.8 Å². The number of rotatable bonds is 4. The average molecular weight is 456 g/mol. The first-order valence-electron chi connectivity index (χ1n) is 9.87. The Labute approximate surface area is 188 Å². The van der Waals surface area contributed by atoms with E-state index in [1.54, 1.807) is 61.7 Å². The number of aromatic nitrogens is 1. The SMILES string of the molecule is Cc1cc(F)c(Oc2ccc(C(C)(C)O)cc2-n2cc(Cl)c(=O)c3ccccc32)c(F)c1. The van der Waals surface area contributed by atoms with Crippen molar-refractivity contribution in [3.8, 4) is 17.2 Å². The molecule has 4 rings (SSSR count). The van der Waals surface area contributed by atoms with Gasteiger partial charge in [-0.15, -0.1) is 0 Å². The summed E-state index contributed by atoms with van der Waals surface area (Å²) in [6.45, 7) is 4.80. The molecule has 0 unspecified atom stereocenters. The fraction of sp³-hybridized carbons (Fsp3) is 0.160. The summed E-state index contributed by atoms with van der Waals surface area (Å²) in [6.07, 6.45) is 1.42. The van der Waals surface area contributed by atoms with Crippen LogP contribution in [-0.4, -0.2) is 9.67 Å². The largest absolute Gasteiger partial charge is 0.449 e. The Morgan fingerprint density at radius 2 is 1.69 bits per heavy atom. The van der Waals surface area contributed by atoms with Gasteiger partial charge in [-0.3, -0.25) is 4.79 Å². The van der Waals surface area contributed by atoms with E-state index in [1.807, 2.05) is 0 Å². The third kappa shape index (κ3) is 3.99. The highest BCUT2D eigenvalue weighted by Crippen LogP contribution is 2.36. The molecule has 0 atom stereocenters. The van der Waals surface area contributed by atoms with E-state index in [4.69, 9.17) is 16.3 Å². The van der Waals surface area contributed by atoms with Crippen LogP contribution in [-0.2, 0) is 5.60 Å². The zero-order valence-electron chi connectivity index (χ0n) is 17.6. The van der Waals surface area contributed by atoms with E-state index < -0.39 is 23.0 Å². The summed E-state index contributed by atoms with van der Waals surface area (Å²) in [6, 6.07) is 13.9. The minimum atomic E-state index is -1.20. The number of hydrogen-bond donors (Lipinski definition) is 1. The summed E-state index contributed by atoms with van der Waals surface area (Å²) in [5, 5.41) is 10.9. The molecular weight excluding hydrogens is 436 g/mol. The quantitative estimate of drug-likeness (QED) is 0.395. The molecule has 0 spiro atoms. The molecule has 0 saturated carbocycles. The number of halogens is 3. The van der Waals surface area contributed by atoms with Crippen molar-refractivity contribution in [3.63, 3.8) is 0 Å². The number of pyridine rings is 1. The van der Waals surface area contributed by atoms with Gasteiger partial charge in [-0.2, -0.15) is 0 Å². The molecule has 1 heterocycles. The lowest BCUT2D eigenvalue weighted by atomic mass is 9.97. The van der Waals surface area contributed by atoms with Gasteiger partial charge < -0.3 is 14.4 Å². The number of ether oxygens (including phenoxy) is 1. The highest BCUT2D eigenvalue weighted by atomic mass is 35.5. The van der Waals surface area contributed by atoms with Crippen LogP contribution in [0.2, 0.25) is 5.02 Å². The summed E-state index contributed by atoms with van der Waals surface area (Å²) in [7, 11) is 0. The Morgan fingerprint density at radius 1 is 1.03 bits per heavy atom. The Morgan fingerprint density at radius 3 is 2.34 bits per heavy atom. The summed E-state index contributed by atoms with van der Waals surface area (Å²) < 4.78 is 36.3. The second-order valence-corrected chi connectivity index (χ2v) is 8.50. The summed E-state index contributed by atoms with van der Waals surface area (Å²) in [4.78, 5) is 12.5. The molecule has 0 saturated heterocycles. The molecule has 7 heteroatoms. The smallest absolute Gasteiger partial charge is 0.207 e. The van der Waals surface area contributed by atoms with Gasteiger partial charge in [0.05, 0.1) is 16.8 Å². The second-order valence-electron chi connectivity index (χ2n) is 8.09. The first kappa shape index (κ1) is 22.0. The maximum Gasteiger partial charge on any atom is 0.207 e. The van der Waals surface area contributed by atoms with Gasteiger partial charge in [0.2, 0.25) is 5.43 Å². The lowest BCUT2D eigenvalue weighted by molar-refractivity contribution is 0.0785. The van der Waals surface area contributed by atoms with Crippen molar-refractivity contribution in [2.75, 3.05) is 0 Å². The van der Waals surface area contributed by atoms with Crippen molar-refractivity contribution in [2.24, 2.45) is 0 Å². The number of aliphatic hydroxyl groups is 1. The zero-order valence-corrected chi connectivity index (χ0v) is 18.4. The first-order chi connectivity index (χ1) is 15.1. The monoisotopic (exact) mass is 455 g/mol. The zero-order chi connectivity index (χ0) is 23.2.